The van der Waals surface area contributed by atoms with Gasteiger partial charge in [-0.3, -0.25) is 14.7 Å². The topological polar surface area (TPSA) is 95.3 Å². The highest BCUT2D eigenvalue weighted by molar-refractivity contribution is 5.91. The molecule has 0 atom stereocenters. The first kappa shape index (κ1) is 16.9. The zero-order chi connectivity index (χ0) is 19.0. The molecule has 0 N–H and O–H groups in total. The van der Waals surface area contributed by atoms with Crippen molar-refractivity contribution >= 4 is 22.2 Å². The van der Waals surface area contributed by atoms with Gasteiger partial charge in [0.2, 0.25) is 0 Å². The predicted molar refractivity (Wildman–Crippen MR) is 101 cm³/mol. The summed E-state index contributed by atoms with van der Waals surface area (Å²) in [5.41, 5.74) is 1.84. The van der Waals surface area contributed by atoms with Crippen molar-refractivity contribution in [2.24, 2.45) is 0 Å². The largest absolute Gasteiger partial charge is 0.351 e. The number of rotatable bonds is 5. The molecule has 0 amide bonds. The van der Waals surface area contributed by atoms with Crippen LogP contribution in [0, 0.1) is 10.1 Å². The minimum Gasteiger partial charge on any atom is -0.287 e. The van der Waals surface area contributed by atoms with Crippen LogP contribution in [0.3, 0.4) is 0 Å². The first-order chi connectivity index (χ1) is 13.1. The molecular weight excluding hydrogens is 346 g/mol. The Morgan fingerprint density at radius 2 is 1.85 bits per heavy atom. The molecule has 8 heteroatoms. The van der Waals surface area contributed by atoms with Crippen LogP contribution in [0.4, 0.5) is 5.69 Å². The summed E-state index contributed by atoms with van der Waals surface area (Å²) in [6.07, 6.45) is 1.60. The van der Waals surface area contributed by atoms with Crippen LogP contribution in [0.25, 0.3) is 16.6 Å². The van der Waals surface area contributed by atoms with Crippen LogP contribution in [0.1, 0.15) is 24.7 Å². The van der Waals surface area contributed by atoms with Crippen molar-refractivity contribution in [3.8, 4) is 0 Å². The number of fused-ring (bicyclic) bond motifs is 3. The number of hydrogen-bond donors (Lipinski definition) is 0. The molecule has 0 aliphatic heterocycles. The van der Waals surface area contributed by atoms with Gasteiger partial charge in [-0.05, 0) is 24.1 Å². The summed E-state index contributed by atoms with van der Waals surface area (Å²) >= 11 is 0. The van der Waals surface area contributed by atoms with Gasteiger partial charge in [0.1, 0.15) is 0 Å². The summed E-state index contributed by atoms with van der Waals surface area (Å²) in [6, 6.07) is 13.8. The first-order valence-electron chi connectivity index (χ1n) is 8.69. The Labute approximate surface area is 153 Å². The molecule has 0 aliphatic carbocycles. The second-order valence-electron chi connectivity index (χ2n) is 6.32. The van der Waals surface area contributed by atoms with E-state index in [1.807, 2.05) is 31.2 Å². The van der Waals surface area contributed by atoms with Crippen molar-refractivity contribution in [2.45, 2.75) is 26.3 Å². The minimum atomic E-state index is -0.442. The van der Waals surface area contributed by atoms with Gasteiger partial charge in [0.25, 0.3) is 5.69 Å². The van der Waals surface area contributed by atoms with Crippen LogP contribution in [-0.2, 0) is 13.0 Å². The summed E-state index contributed by atoms with van der Waals surface area (Å²) in [7, 11) is 0. The van der Waals surface area contributed by atoms with E-state index >= 15 is 0 Å². The van der Waals surface area contributed by atoms with Gasteiger partial charge < -0.3 is 0 Å². The Hall–Kier alpha value is -3.55. The number of aryl methyl sites for hydroxylation is 1. The third kappa shape index (κ3) is 2.95. The Bertz CT molecular complexity index is 1210. The van der Waals surface area contributed by atoms with E-state index < -0.39 is 4.92 Å². The van der Waals surface area contributed by atoms with Gasteiger partial charge in [-0.1, -0.05) is 31.2 Å². The Morgan fingerprint density at radius 1 is 1.11 bits per heavy atom. The molecule has 0 radical (unpaired) electrons. The molecule has 136 valence electrons. The lowest BCUT2D eigenvalue weighted by molar-refractivity contribution is -0.384. The molecule has 0 unspecified atom stereocenters. The van der Waals surface area contributed by atoms with E-state index in [9.17, 15) is 14.9 Å². The van der Waals surface area contributed by atoms with Crippen LogP contribution in [0.5, 0.6) is 0 Å². The highest BCUT2D eigenvalue weighted by atomic mass is 16.6. The van der Waals surface area contributed by atoms with E-state index in [4.69, 9.17) is 0 Å². The predicted octanol–water partition coefficient (Wildman–Crippen LogP) is 2.95. The summed E-state index contributed by atoms with van der Waals surface area (Å²) < 4.78 is 2.96. The number of aromatic nitrogens is 4. The zero-order valence-electron chi connectivity index (χ0n) is 14.7. The molecule has 2 heterocycles. The van der Waals surface area contributed by atoms with Crippen molar-refractivity contribution in [3.05, 3.63) is 80.5 Å². The number of nitrogens with zero attached hydrogens (tertiary/aromatic N) is 5. The number of nitro groups is 1. The fourth-order valence-corrected chi connectivity index (χ4v) is 3.17. The number of para-hydroxylation sites is 1. The Kier molecular flexibility index (Phi) is 4.15. The van der Waals surface area contributed by atoms with Crippen LogP contribution in [0.2, 0.25) is 0 Å². The van der Waals surface area contributed by atoms with Crippen LogP contribution in [-0.4, -0.2) is 24.1 Å². The molecule has 4 aromatic rings. The number of benzene rings is 2. The molecule has 27 heavy (non-hydrogen) atoms. The lowest BCUT2D eigenvalue weighted by Gasteiger charge is -2.11. The average Bonchev–Trinajstić information content (AvgIpc) is 3.10. The summed E-state index contributed by atoms with van der Waals surface area (Å²) in [5, 5.41) is 16.0. The van der Waals surface area contributed by atoms with E-state index in [-0.39, 0.29) is 17.9 Å². The average molecular weight is 363 g/mol. The molecule has 4 rings (SSSR count). The van der Waals surface area contributed by atoms with Gasteiger partial charge in [-0.2, -0.15) is 4.52 Å². The highest BCUT2D eigenvalue weighted by Gasteiger charge is 2.15. The van der Waals surface area contributed by atoms with E-state index in [1.165, 1.54) is 16.6 Å². The van der Waals surface area contributed by atoms with Crippen molar-refractivity contribution in [1.82, 2.24) is 19.2 Å². The standard InChI is InChI=1S/C19H17N5O3/c1-2-5-17-20-18-15-6-3-4-7-16(15)22(19(25)23(18)21-17)12-13-8-10-14(11-9-13)24(26)27/h3-4,6-11H,2,5,12H2,1H3. The number of hydrogen-bond acceptors (Lipinski definition) is 5. The molecule has 2 aromatic carbocycles. The van der Waals surface area contributed by atoms with Crippen molar-refractivity contribution in [3.63, 3.8) is 0 Å². The minimum absolute atomic E-state index is 0.0203. The normalized spacial score (nSPS) is 11.3. The summed E-state index contributed by atoms with van der Waals surface area (Å²) in [5.74, 6) is 0.646. The Balaban J connectivity index is 1.89. The maximum Gasteiger partial charge on any atom is 0.351 e. The van der Waals surface area contributed by atoms with Gasteiger partial charge in [0, 0.05) is 23.9 Å². The molecule has 2 aromatic heterocycles. The third-order valence-corrected chi connectivity index (χ3v) is 4.46. The van der Waals surface area contributed by atoms with Crippen molar-refractivity contribution in [1.29, 1.82) is 0 Å². The van der Waals surface area contributed by atoms with Crippen LogP contribution < -0.4 is 5.69 Å². The SMILES string of the molecule is CCCc1nc2c3ccccc3n(Cc3ccc([N+](=O)[O-])cc3)c(=O)n2n1. The number of nitro benzene ring substituents is 1. The molecule has 0 spiro atoms. The highest BCUT2D eigenvalue weighted by Crippen LogP contribution is 2.19. The van der Waals surface area contributed by atoms with Crippen LogP contribution >= 0.6 is 0 Å². The van der Waals surface area contributed by atoms with Gasteiger partial charge >= 0.3 is 5.69 Å². The van der Waals surface area contributed by atoms with Crippen molar-refractivity contribution in [2.75, 3.05) is 0 Å². The van der Waals surface area contributed by atoms with E-state index in [2.05, 4.69) is 10.1 Å². The number of non-ortho nitro benzene ring substituents is 1. The van der Waals surface area contributed by atoms with Gasteiger partial charge in [-0.15, -0.1) is 5.10 Å². The molecule has 0 aliphatic rings. The summed E-state index contributed by atoms with van der Waals surface area (Å²) in [6.45, 7) is 2.33. The Morgan fingerprint density at radius 3 is 2.56 bits per heavy atom. The fraction of sp³-hybridized carbons (Fsp3) is 0.211. The zero-order valence-corrected chi connectivity index (χ0v) is 14.7. The summed E-state index contributed by atoms with van der Waals surface area (Å²) in [4.78, 5) is 28.0. The molecule has 0 saturated carbocycles. The second-order valence-corrected chi connectivity index (χ2v) is 6.32. The lowest BCUT2D eigenvalue weighted by Crippen LogP contribution is -2.28. The molecule has 0 fully saturated rings. The first-order valence-corrected chi connectivity index (χ1v) is 8.69. The van der Waals surface area contributed by atoms with Gasteiger partial charge in [0.05, 0.1) is 17.0 Å². The molecular formula is C19H17N5O3. The molecule has 8 nitrogen and oxygen atoms in total. The second kappa shape index (κ2) is 6.64. The van der Waals surface area contributed by atoms with Crippen LogP contribution in [0.15, 0.2) is 53.3 Å². The monoisotopic (exact) mass is 363 g/mol. The quantitative estimate of drug-likeness (QED) is 0.401. The molecule has 0 saturated heterocycles. The third-order valence-electron chi connectivity index (χ3n) is 4.46. The fourth-order valence-electron chi connectivity index (χ4n) is 3.17. The van der Waals surface area contributed by atoms with E-state index in [1.54, 1.807) is 16.7 Å². The van der Waals surface area contributed by atoms with Gasteiger partial charge in [-0.25, -0.2) is 9.78 Å². The molecule has 0 bridgehead atoms. The maximum atomic E-state index is 13.1. The van der Waals surface area contributed by atoms with Crippen molar-refractivity contribution < 1.29 is 4.92 Å². The van der Waals surface area contributed by atoms with E-state index in [0.29, 0.717) is 17.9 Å². The lowest BCUT2D eigenvalue weighted by atomic mass is 10.2. The van der Waals surface area contributed by atoms with Gasteiger partial charge in [0.15, 0.2) is 11.5 Å². The smallest absolute Gasteiger partial charge is 0.287 e. The van der Waals surface area contributed by atoms with E-state index in [0.717, 1.165) is 22.9 Å². The maximum absolute atomic E-state index is 13.1.